The third-order valence-electron chi connectivity index (χ3n) is 4.32. The predicted octanol–water partition coefficient (Wildman–Crippen LogP) is 4.89. The van der Waals surface area contributed by atoms with Gasteiger partial charge in [0.1, 0.15) is 11.4 Å². The Morgan fingerprint density at radius 1 is 0.933 bits per heavy atom. The molecule has 8 heteroatoms. The SMILES string of the molecule is NS(=O)(=O)c1ccc(-c2nc(COc3cccc(Cl)c3)oc2-c2ccccc2)cc1. The van der Waals surface area contributed by atoms with Crippen LogP contribution in [0.3, 0.4) is 0 Å². The Labute approximate surface area is 178 Å². The lowest BCUT2D eigenvalue weighted by atomic mass is 10.1. The average molecular weight is 441 g/mol. The minimum Gasteiger partial charge on any atom is -0.484 e. The van der Waals surface area contributed by atoms with Crippen LogP contribution in [-0.2, 0) is 16.6 Å². The van der Waals surface area contributed by atoms with Gasteiger partial charge in [-0.05, 0) is 30.3 Å². The number of primary sulfonamides is 1. The molecular weight excluding hydrogens is 424 g/mol. The molecule has 0 unspecified atom stereocenters. The Hall–Kier alpha value is -3.13. The van der Waals surface area contributed by atoms with Crippen molar-refractivity contribution in [2.45, 2.75) is 11.5 Å². The van der Waals surface area contributed by atoms with E-state index >= 15 is 0 Å². The van der Waals surface area contributed by atoms with Crippen LogP contribution in [-0.4, -0.2) is 13.4 Å². The lowest BCUT2D eigenvalue weighted by molar-refractivity contribution is 0.264. The second-order valence-electron chi connectivity index (χ2n) is 6.47. The second kappa shape index (κ2) is 8.31. The number of nitrogens with zero attached hydrogens (tertiary/aromatic N) is 1. The Balaban J connectivity index is 1.69. The molecule has 4 rings (SSSR count). The molecule has 2 N–H and O–H groups in total. The molecule has 30 heavy (non-hydrogen) atoms. The Morgan fingerprint density at radius 3 is 2.33 bits per heavy atom. The minimum absolute atomic E-state index is 0.0283. The van der Waals surface area contributed by atoms with Crippen molar-refractivity contribution >= 4 is 21.6 Å². The fourth-order valence-corrected chi connectivity index (χ4v) is 3.61. The van der Waals surface area contributed by atoms with Crippen LogP contribution in [0.5, 0.6) is 5.75 Å². The molecule has 1 heterocycles. The molecule has 0 saturated heterocycles. The van der Waals surface area contributed by atoms with Gasteiger partial charge in [-0.25, -0.2) is 18.5 Å². The third-order valence-corrected chi connectivity index (χ3v) is 5.49. The van der Waals surface area contributed by atoms with Gasteiger partial charge in [0.05, 0.1) is 4.90 Å². The molecule has 0 fully saturated rings. The number of oxazole rings is 1. The molecule has 152 valence electrons. The van der Waals surface area contributed by atoms with E-state index < -0.39 is 10.0 Å². The van der Waals surface area contributed by atoms with E-state index in [1.807, 2.05) is 30.3 Å². The fraction of sp³-hybridized carbons (Fsp3) is 0.0455. The summed E-state index contributed by atoms with van der Waals surface area (Å²) in [4.78, 5) is 4.61. The first-order valence-electron chi connectivity index (χ1n) is 8.97. The van der Waals surface area contributed by atoms with Crippen LogP contribution in [0.15, 0.2) is 88.2 Å². The Morgan fingerprint density at radius 2 is 1.67 bits per heavy atom. The molecule has 6 nitrogen and oxygen atoms in total. The molecule has 0 radical (unpaired) electrons. The van der Waals surface area contributed by atoms with Crippen LogP contribution >= 0.6 is 11.6 Å². The normalized spacial score (nSPS) is 11.4. The summed E-state index contributed by atoms with van der Waals surface area (Å²) >= 11 is 5.99. The first-order valence-corrected chi connectivity index (χ1v) is 10.9. The maximum atomic E-state index is 11.5. The lowest BCUT2D eigenvalue weighted by Gasteiger charge is -2.03. The number of nitrogens with two attached hydrogens (primary N) is 1. The van der Waals surface area contributed by atoms with Crippen molar-refractivity contribution in [3.63, 3.8) is 0 Å². The topological polar surface area (TPSA) is 95.4 Å². The average Bonchev–Trinajstić information content (AvgIpc) is 3.17. The summed E-state index contributed by atoms with van der Waals surface area (Å²) in [5, 5.41) is 5.76. The molecule has 0 atom stereocenters. The largest absolute Gasteiger partial charge is 0.484 e. The summed E-state index contributed by atoms with van der Waals surface area (Å²) in [7, 11) is -3.78. The predicted molar refractivity (Wildman–Crippen MR) is 115 cm³/mol. The minimum atomic E-state index is -3.78. The summed E-state index contributed by atoms with van der Waals surface area (Å²) in [5.41, 5.74) is 2.11. The number of rotatable bonds is 6. The van der Waals surface area contributed by atoms with E-state index in [1.165, 1.54) is 12.1 Å². The zero-order chi connectivity index (χ0) is 21.1. The van der Waals surface area contributed by atoms with E-state index in [0.29, 0.717) is 33.7 Å². The molecule has 0 bridgehead atoms. The monoisotopic (exact) mass is 440 g/mol. The highest BCUT2D eigenvalue weighted by Gasteiger charge is 2.18. The van der Waals surface area contributed by atoms with Gasteiger partial charge in [-0.3, -0.25) is 0 Å². The van der Waals surface area contributed by atoms with Crippen molar-refractivity contribution in [1.82, 2.24) is 4.98 Å². The molecule has 0 saturated carbocycles. The number of hydrogen-bond donors (Lipinski definition) is 1. The van der Waals surface area contributed by atoms with Crippen LogP contribution in [0, 0.1) is 0 Å². The van der Waals surface area contributed by atoms with Gasteiger partial charge < -0.3 is 9.15 Å². The molecule has 3 aromatic carbocycles. The molecule has 0 aliphatic carbocycles. The van der Waals surface area contributed by atoms with Crippen molar-refractivity contribution in [1.29, 1.82) is 0 Å². The number of sulfonamides is 1. The zero-order valence-corrected chi connectivity index (χ0v) is 17.2. The van der Waals surface area contributed by atoms with Gasteiger partial charge >= 0.3 is 0 Å². The fourth-order valence-electron chi connectivity index (χ4n) is 2.91. The molecule has 1 aromatic heterocycles. The quantitative estimate of drug-likeness (QED) is 0.460. The van der Waals surface area contributed by atoms with Crippen molar-refractivity contribution < 1.29 is 17.6 Å². The number of benzene rings is 3. The van der Waals surface area contributed by atoms with Gasteiger partial charge in [0.15, 0.2) is 12.4 Å². The Bertz CT molecular complexity index is 1270. The Kier molecular flexibility index (Phi) is 5.59. The number of hydrogen-bond acceptors (Lipinski definition) is 5. The van der Waals surface area contributed by atoms with E-state index in [0.717, 1.165) is 5.56 Å². The smallest absolute Gasteiger partial charge is 0.238 e. The standard InChI is InChI=1S/C22H17ClN2O4S/c23-17-7-4-8-18(13-17)28-14-20-25-21(22(29-20)16-5-2-1-3-6-16)15-9-11-19(12-10-15)30(24,26)27/h1-13H,14H2,(H2,24,26,27). The summed E-state index contributed by atoms with van der Waals surface area (Å²) < 4.78 is 34.8. The molecule has 0 amide bonds. The van der Waals surface area contributed by atoms with E-state index in [1.54, 1.807) is 36.4 Å². The van der Waals surface area contributed by atoms with Gasteiger partial charge in [-0.2, -0.15) is 0 Å². The first-order chi connectivity index (χ1) is 14.4. The van der Waals surface area contributed by atoms with Crippen LogP contribution in [0.1, 0.15) is 5.89 Å². The summed E-state index contributed by atoms with van der Waals surface area (Å²) in [6, 6.07) is 22.7. The molecule has 4 aromatic rings. The van der Waals surface area contributed by atoms with Gasteiger partial charge in [-0.1, -0.05) is 60.1 Å². The van der Waals surface area contributed by atoms with Crippen LogP contribution < -0.4 is 9.88 Å². The summed E-state index contributed by atoms with van der Waals surface area (Å²) in [6.45, 7) is 0.107. The highest BCUT2D eigenvalue weighted by molar-refractivity contribution is 7.89. The highest BCUT2D eigenvalue weighted by Crippen LogP contribution is 2.33. The zero-order valence-electron chi connectivity index (χ0n) is 15.7. The first kappa shape index (κ1) is 20.2. The molecular formula is C22H17ClN2O4S. The van der Waals surface area contributed by atoms with Crippen molar-refractivity contribution in [2.75, 3.05) is 0 Å². The van der Waals surface area contributed by atoms with Gasteiger partial charge in [0.2, 0.25) is 15.9 Å². The van der Waals surface area contributed by atoms with Gasteiger partial charge in [0.25, 0.3) is 0 Å². The third kappa shape index (κ3) is 4.54. The van der Waals surface area contributed by atoms with E-state index in [2.05, 4.69) is 4.98 Å². The van der Waals surface area contributed by atoms with Crippen LogP contribution in [0.2, 0.25) is 5.02 Å². The van der Waals surface area contributed by atoms with E-state index in [9.17, 15) is 8.42 Å². The summed E-state index contributed by atoms with van der Waals surface area (Å²) in [5.74, 6) is 1.53. The van der Waals surface area contributed by atoms with Crippen molar-refractivity contribution in [2.24, 2.45) is 5.14 Å². The van der Waals surface area contributed by atoms with Crippen molar-refractivity contribution in [3.8, 4) is 28.3 Å². The number of ether oxygens (including phenoxy) is 1. The lowest BCUT2D eigenvalue weighted by Crippen LogP contribution is -2.11. The molecule has 0 spiro atoms. The van der Waals surface area contributed by atoms with Gasteiger partial charge in [-0.15, -0.1) is 0 Å². The van der Waals surface area contributed by atoms with E-state index in [-0.39, 0.29) is 11.5 Å². The van der Waals surface area contributed by atoms with Crippen molar-refractivity contribution in [3.05, 3.63) is 89.8 Å². The highest BCUT2D eigenvalue weighted by atomic mass is 35.5. The number of halogens is 1. The maximum absolute atomic E-state index is 11.5. The van der Waals surface area contributed by atoms with Crippen LogP contribution in [0.4, 0.5) is 0 Å². The molecule has 0 aliphatic heterocycles. The van der Waals surface area contributed by atoms with Gasteiger partial charge in [0, 0.05) is 16.1 Å². The number of aromatic nitrogens is 1. The maximum Gasteiger partial charge on any atom is 0.238 e. The summed E-state index contributed by atoms with van der Waals surface area (Å²) in [6.07, 6.45) is 0. The molecule has 0 aliphatic rings. The second-order valence-corrected chi connectivity index (χ2v) is 8.46. The van der Waals surface area contributed by atoms with Crippen LogP contribution in [0.25, 0.3) is 22.6 Å². The van der Waals surface area contributed by atoms with E-state index in [4.69, 9.17) is 25.9 Å².